The molecule has 1 fully saturated rings. The van der Waals surface area contributed by atoms with Gasteiger partial charge < -0.3 is 5.32 Å². The van der Waals surface area contributed by atoms with E-state index in [2.05, 4.69) is 48.8 Å². The zero-order valence-corrected chi connectivity index (χ0v) is 13.9. The van der Waals surface area contributed by atoms with Crippen molar-refractivity contribution in [1.29, 1.82) is 0 Å². The van der Waals surface area contributed by atoms with Crippen molar-refractivity contribution < 1.29 is 4.79 Å². The minimum absolute atomic E-state index is 0.101. The van der Waals surface area contributed by atoms with Crippen molar-refractivity contribution in [3.05, 3.63) is 45.6 Å². The van der Waals surface area contributed by atoms with Gasteiger partial charge in [0.2, 0.25) is 5.91 Å². The van der Waals surface area contributed by atoms with Crippen LogP contribution in [0.1, 0.15) is 42.2 Å². The summed E-state index contributed by atoms with van der Waals surface area (Å²) in [6.07, 6.45) is 3.74. The third kappa shape index (κ3) is 2.03. The normalized spacial score (nSPS) is 27.0. The van der Waals surface area contributed by atoms with Crippen LogP contribution in [0, 0.1) is 6.92 Å². The summed E-state index contributed by atoms with van der Waals surface area (Å²) in [5, 5.41) is 5.38. The second-order valence-corrected chi connectivity index (χ2v) is 7.96. The predicted molar refractivity (Wildman–Crippen MR) is 91.3 cm³/mol. The Morgan fingerprint density at radius 1 is 1.27 bits per heavy atom. The number of carbonyl (C=O) groups excluding carboxylic acids is 1. The van der Waals surface area contributed by atoms with Gasteiger partial charge in [0.05, 0.1) is 0 Å². The van der Waals surface area contributed by atoms with Crippen LogP contribution in [0.25, 0.3) is 11.1 Å². The smallest absolute Gasteiger partial charge is 0.220 e. The monoisotopic (exact) mass is 311 g/mol. The number of fused-ring (bicyclic) bond motifs is 3. The molecule has 1 aromatic carbocycles. The van der Waals surface area contributed by atoms with Crippen LogP contribution in [0.3, 0.4) is 0 Å². The lowest BCUT2D eigenvalue weighted by Gasteiger charge is -2.46. The number of hydrogen-bond donors (Lipinski definition) is 1. The van der Waals surface area contributed by atoms with E-state index in [1.54, 1.807) is 11.3 Å². The van der Waals surface area contributed by atoms with Gasteiger partial charge in [-0.25, -0.2) is 0 Å². The molecule has 2 aromatic rings. The number of benzene rings is 1. The fraction of sp³-hybridized carbons (Fsp3) is 0.421. The number of aryl methyl sites for hydroxylation is 2. The van der Waals surface area contributed by atoms with Crippen LogP contribution in [0.15, 0.2) is 29.6 Å². The Kier molecular flexibility index (Phi) is 3.15. The number of nitrogens with one attached hydrogen (secondary N) is 1. The van der Waals surface area contributed by atoms with Gasteiger partial charge in [0.1, 0.15) is 0 Å². The topological polar surface area (TPSA) is 29.1 Å². The molecule has 0 spiro atoms. The van der Waals surface area contributed by atoms with Gasteiger partial charge in [-0.2, -0.15) is 0 Å². The Bertz CT molecular complexity index is 748. The molecular weight excluding hydrogens is 290 g/mol. The Morgan fingerprint density at radius 2 is 2.14 bits per heavy atom. The van der Waals surface area contributed by atoms with Gasteiger partial charge >= 0.3 is 0 Å². The summed E-state index contributed by atoms with van der Waals surface area (Å²) in [5.74, 6) is 0.219. The summed E-state index contributed by atoms with van der Waals surface area (Å²) in [5.41, 5.74) is 5.71. The average molecular weight is 311 g/mol. The van der Waals surface area contributed by atoms with Crippen LogP contribution in [0.4, 0.5) is 0 Å². The highest BCUT2D eigenvalue weighted by Crippen LogP contribution is 2.44. The molecule has 0 radical (unpaired) electrons. The highest BCUT2D eigenvalue weighted by Gasteiger charge is 2.43. The van der Waals surface area contributed by atoms with E-state index in [-0.39, 0.29) is 11.3 Å². The van der Waals surface area contributed by atoms with Gasteiger partial charge in [0.25, 0.3) is 0 Å². The van der Waals surface area contributed by atoms with E-state index < -0.39 is 0 Å². The van der Waals surface area contributed by atoms with E-state index in [0.717, 1.165) is 19.3 Å². The quantitative estimate of drug-likeness (QED) is 0.840. The van der Waals surface area contributed by atoms with Gasteiger partial charge in [-0.05, 0) is 59.9 Å². The third-order valence-corrected chi connectivity index (χ3v) is 6.41. The van der Waals surface area contributed by atoms with Gasteiger partial charge in [0.15, 0.2) is 0 Å². The van der Waals surface area contributed by atoms with Crippen molar-refractivity contribution in [2.75, 3.05) is 0 Å². The number of piperidine rings is 1. The molecular formula is C19H21NOS. The lowest BCUT2D eigenvalue weighted by atomic mass is 9.64. The molecule has 2 heterocycles. The Morgan fingerprint density at radius 3 is 2.91 bits per heavy atom. The van der Waals surface area contributed by atoms with E-state index in [4.69, 9.17) is 0 Å². The minimum atomic E-state index is 0.101. The lowest BCUT2D eigenvalue weighted by Crippen LogP contribution is -2.55. The summed E-state index contributed by atoms with van der Waals surface area (Å²) >= 11 is 1.81. The molecule has 1 saturated heterocycles. The van der Waals surface area contributed by atoms with E-state index in [1.165, 1.54) is 27.1 Å². The maximum Gasteiger partial charge on any atom is 0.220 e. The first kappa shape index (κ1) is 14.0. The second kappa shape index (κ2) is 4.95. The molecule has 1 aromatic heterocycles. The average Bonchev–Trinajstić information content (AvgIpc) is 2.94. The highest BCUT2D eigenvalue weighted by molar-refractivity contribution is 7.10. The number of hydrogen-bond acceptors (Lipinski definition) is 2. The molecule has 0 saturated carbocycles. The molecule has 1 aliphatic carbocycles. The van der Waals surface area contributed by atoms with Gasteiger partial charge in [-0.1, -0.05) is 25.1 Å². The summed E-state index contributed by atoms with van der Waals surface area (Å²) < 4.78 is 0. The third-order valence-electron chi connectivity index (χ3n) is 5.57. The molecule has 2 aliphatic rings. The van der Waals surface area contributed by atoms with Crippen LogP contribution < -0.4 is 5.32 Å². The predicted octanol–water partition coefficient (Wildman–Crippen LogP) is 4.21. The molecule has 114 valence electrons. The van der Waals surface area contributed by atoms with Crippen molar-refractivity contribution in [2.24, 2.45) is 0 Å². The van der Waals surface area contributed by atoms with E-state index in [0.29, 0.717) is 12.5 Å². The number of amides is 1. The molecule has 2 nitrogen and oxygen atoms in total. The summed E-state index contributed by atoms with van der Waals surface area (Å²) in [6.45, 7) is 4.51. The molecule has 2 atom stereocenters. The van der Waals surface area contributed by atoms with Crippen LogP contribution in [-0.2, 0) is 16.6 Å². The molecule has 1 N–H and O–H groups in total. The molecule has 3 heteroatoms. The molecule has 22 heavy (non-hydrogen) atoms. The van der Waals surface area contributed by atoms with E-state index in [1.807, 2.05) is 0 Å². The van der Waals surface area contributed by atoms with Crippen LogP contribution >= 0.6 is 11.3 Å². The van der Waals surface area contributed by atoms with E-state index in [9.17, 15) is 4.79 Å². The minimum Gasteiger partial charge on any atom is -0.352 e. The molecule has 0 unspecified atom stereocenters. The van der Waals surface area contributed by atoms with Crippen molar-refractivity contribution in [3.63, 3.8) is 0 Å². The standard InChI is InChI=1S/C19H21NOS/c1-12-15(8-10-22-12)13-3-5-16-14(11-13)4-6-17-19(16,2)9-7-18(21)20-17/h3,5,8,10-11,17H,4,6-7,9H2,1-2H3,(H,20,21)/t17-,19-/m1/s1. The summed E-state index contributed by atoms with van der Waals surface area (Å²) in [4.78, 5) is 13.1. The number of thiophene rings is 1. The van der Waals surface area contributed by atoms with Gasteiger partial charge in [-0.3, -0.25) is 4.79 Å². The first-order valence-electron chi connectivity index (χ1n) is 8.05. The summed E-state index contributed by atoms with van der Waals surface area (Å²) in [6, 6.07) is 9.47. The highest BCUT2D eigenvalue weighted by atomic mass is 32.1. The fourth-order valence-electron chi connectivity index (χ4n) is 4.20. The van der Waals surface area contributed by atoms with Gasteiger partial charge in [-0.15, -0.1) is 11.3 Å². The number of rotatable bonds is 1. The molecule has 1 amide bonds. The SMILES string of the molecule is Cc1sccc1-c1ccc2c(c1)CC[C@H]1NC(=O)CC[C@]21C. The zero-order chi connectivity index (χ0) is 15.3. The zero-order valence-electron chi connectivity index (χ0n) is 13.1. The Labute approximate surface area is 135 Å². The van der Waals surface area contributed by atoms with E-state index >= 15 is 0 Å². The molecule has 0 bridgehead atoms. The molecule has 1 aliphatic heterocycles. The van der Waals surface area contributed by atoms with Crippen molar-refractivity contribution >= 4 is 17.2 Å². The number of carbonyl (C=O) groups is 1. The first-order chi connectivity index (χ1) is 10.6. The Balaban J connectivity index is 1.77. The van der Waals surface area contributed by atoms with Crippen molar-refractivity contribution in [3.8, 4) is 11.1 Å². The largest absolute Gasteiger partial charge is 0.352 e. The lowest BCUT2D eigenvalue weighted by molar-refractivity contribution is -0.125. The van der Waals surface area contributed by atoms with Crippen molar-refractivity contribution in [2.45, 2.75) is 51.0 Å². The van der Waals surface area contributed by atoms with Crippen molar-refractivity contribution in [1.82, 2.24) is 5.32 Å². The van der Waals surface area contributed by atoms with Gasteiger partial charge in [0, 0.05) is 22.8 Å². The van der Waals surface area contributed by atoms with Crippen LogP contribution in [0.5, 0.6) is 0 Å². The maximum atomic E-state index is 11.7. The fourth-order valence-corrected chi connectivity index (χ4v) is 4.92. The second-order valence-electron chi connectivity index (χ2n) is 6.84. The molecule has 4 rings (SSSR count). The van der Waals surface area contributed by atoms with Crippen LogP contribution in [-0.4, -0.2) is 11.9 Å². The first-order valence-corrected chi connectivity index (χ1v) is 8.93. The Hall–Kier alpha value is -1.61. The maximum absolute atomic E-state index is 11.7. The van der Waals surface area contributed by atoms with Crippen LogP contribution in [0.2, 0.25) is 0 Å². The summed E-state index contributed by atoms with van der Waals surface area (Å²) in [7, 11) is 0.